The van der Waals surface area contributed by atoms with E-state index in [2.05, 4.69) is 48.3 Å². The predicted molar refractivity (Wildman–Crippen MR) is 88.9 cm³/mol. The van der Waals surface area contributed by atoms with Crippen molar-refractivity contribution in [1.29, 1.82) is 0 Å². The van der Waals surface area contributed by atoms with Crippen LogP contribution in [0.3, 0.4) is 0 Å². The molecule has 1 saturated heterocycles. The summed E-state index contributed by atoms with van der Waals surface area (Å²) in [7, 11) is 0. The summed E-state index contributed by atoms with van der Waals surface area (Å²) in [6.45, 7) is 10.1. The highest BCUT2D eigenvalue weighted by Gasteiger charge is 2.22. The van der Waals surface area contributed by atoms with Gasteiger partial charge in [-0.3, -0.25) is 4.79 Å². The maximum absolute atomic E-state index is 12.3. The van der Waals surface area contributed by atoms with E-state index in [-0.39, 0.29) is 11.9 Å². The number of carbonyl (C=O) groups excluding carboxylic acids is 1. The van der Waals surface area contributed by atoms with Crippen LogP contribution in [0.5, 0.6) is 0 Å². The first-order chi connectivity index (χ1) is 10.2. The molecule has 0 bridgehead atoms. The van der Waals surface area contributed by atoms with Gasteiger partial charge in [0.15, 0.2) is 0 Å². The van der Waals surface area contributed by atoms with Crippen molar-refractivity contribution in [3.8, 4) is 0 Å². The maximum atomic E-state index is 12.3. The second kappa shape index (κ2) is 7.34. The topological polar surface area (TPSA) is 35.6 Å². The predicted octanol–water partition coefficient (Wildman–Crippen LogP) is 2.96. The number of hydrogen-bond acceptors (Lipinski definition) is 3. The molecule has 1 unspecified atom stereocenters. The fourth-order valence-electron chi connectivity index (χ4n) is 2.88. The Bertz CT molecular complexity index is 448. The molecule has 1 aromatic rings. The van der Waals surface area contributed by atoms with E-state index >= 15 is 0 Å². The van der Waals surface area contributed by atoms with Crippen molar-refractivity contribution in [2.75, 3.05) is 36.4 Å². The zero-order valence-electron chi connectivity index (χ0n) is 13.4. The van der Waals surface area contributed by atoms with Crippen molar-refractivity contribution in [2.24, 2.45) is 0 Å². The SMILES string of the molecule is CCN(CC)c1ccc(NC(C)C(=O)N2CCCC2)cc1. The lowest BCUT2D eigenvalue weighted by Crippen LogP contribution is -2.39. The number of nitrogens with zero attached hydrogens (tertiary/aromatic N) is 2. The van der Waals surface area contributed by atoms with E-state index in [1.807, 2.05) is 11.8 Å². The highest BCUT2D eigenvalue weighted by molar-refractivity contribution is 5.84. The lowest BCUT2D eigenvalue weighted by molar-refractivity contribution is -0.130. The minimum absolute atomic E-state index is 0.164. The Morgan fingerprint density at radius 2 is 1.76 bits per heavy atom. The van der Waals surface area contributed by atoms with Gasteiger partial charge in [0.25, 0.3) is 0 Å². The van der Waals surface area contributed by atoms with Gasteiger partial charge < -0.3 is 15.1 Å². The molecule has 21 heavy (non-hydrogen) atoms. The minimum atomic E-state index is -0.164. The molecule has 0 aliphatic carbocycles. The monoisotopic (exact) mass is 289 g/mol. The van der Waals surface area contributed by atoms with E-state index in [1.165, 1.54) is 5.69 Å². The zero-order valence-corrected chi connectivity index (χ0v) is 13.4. The van der Waals surface area contributed by atoms with Crippen molar-refractivity contribution >= 4 is 17.3 Å². The van der Waals surface area contributed by atoms with Crippen molar-refractivity contribution < 1.29 is 4.79 Å². The molecular formula is C17H27N3O. The maximum Gasteiger partial charge on any atom is 0.244 e. The molecule has 4 heteroatoms. The Morgan fingerprint density at radius 1 is 1.19 bits per heavy atom. The molecule has 0 aromatic heterocycles. The number of benzene rings is 1. The van der Waals surface area contributed by atoms with Gasteiger partial charge in [-0.25, -0.2) is 0 Å². The van der Waals surface area contributed by atoms with Crippen LogP contribution in [0.25, 0.3) is 0 Å². The van der Waals surface area contributed by atoms with Crippen LogP contribution in [-0.4, -0.2) is 43.0 Å². The lowest BCUT2D eigenvalue weighted by Gasteiger charge is -2.23. The first-order valence-electron chi connectivity index (χ1n) is 8.06. The van der Waals surface area contributed by atoms with E-state index in [9.17, 15) is 4.79 Å². The van der Waals surface area contributed by atoms with Crippen LogP contribution < -0.4 is 10.2 Å². The molecular weight excluding hydrogens is 262 g/mol. The quantitative estimate of drug-likeness (QED) is 0.874. The molecule has 1 amide bonds. The van der Waals surface area contributed by atoms with Crippen molar-refractivity contribution in [3.05, 3.63) is 24.3 Å². The molecule has 116 valence electrons. The van der Waals surface area contributed by atoms with Gasteiger partial charge in [-0.1, -0.05) is 0 Å². The molecule has 0 spiro atoms. The number of hydrogen-bond donors (Lipinski definition) is 1. The fraction of sp³-hybridized carbons (Fsp3) is 0.588. The molecule has 1 heterocycles. The molecule has 1 atom stereocenters. The zero-order chi connectivity index (χ0) is 15.2. The standard InChI is InChI=1S/C17H27N3O/c1-4-19(5-2)16-10-8-15(9-11-16)18-14(3)17(21)20-12-6-7-13-20/h8-11,14,18H,4-7,12-13H2,1-3H3. The van der Waals surface area contributed by atoms with E-state index in [0.717, 1.165) is 44.7 Å². The second-order valence-electron chi connectivity index (χ2n) is 5.62. The van der Waals surface area contributed by atoms with Crippen LogP contribution in [0.1, 0.15) is 33.6 Å². The van der Waals surface area contributed by atoms with E-state index in [0.29, 0.717) is 0 Å². The van der Waals surface area contributed by atoms with Crippen LogP contribution in [0.4, 0.5) is 11.4 Å². The number of amides is 1. The average Bonchev–Trinajstić information content (AvgIpc) is 3.03. The Kier molecular flexibility index (Phi) is 5.48. The summed E-state index contributed by atoms with van der Waals surface area (Å²) in [5, 5.41) is 3.31. The molecule has 0 radical (unpaired) electrons. The number of nitrogens with one attached hydrogen (secondary N) is 1. The normalized spacial score (nSPS) is 15.9. The Morgan fingerprint density at radius 3 is 2.29 bits per heavy atom. The van der Waals surface area contributed by atoms with Crippen LogP contribution in [0.15, 0.2) is 24.3 Å². The van der Waals surface area contributed by atoms with Crippen LogP contribution in [0.2, 0.25) is 0 Å². The van der Waals surface area contributed by atoms with Gasteiger partial charge in [0.2, 0.25) is 5.91 Å². The van der Waals surface area contributed by atoms with Crippen LogP contribution in [-0.2, 0) is 4.79 Å². The lowest BCUT2D eigenvalue weighted by atomic mass is 10.2. The van der Waals surface area contributed by atoms with Gasteiger partial charge in [-0.2, -0.15) is 0 Å². The third-order valence-electron chi connectivity index (χ3n) is 4.17. The highest BCUT2D eigenvalue weighted by atomic mass is 16.2. The van der Waals surface area contributed by atoms with Gasteiger partial charge in [0, 0.05) is 37.6 Å². The van der Waals surface area contributed by atoms with E-state index in [4.69, 9.17) is 0 Å². The smallest absolute Gasteiger partial charge is 0.244 e. The second-order valence-corrected chi connectivity index (χ2v) is 5.62. The van der Waals surface area contributed by atoms with Crippen molar-refractivity contribution in [1.82, 2.24) is 4.90 Å². The third-order valence-corrected chi connectivity index (χ3v) is 4.17. The summed E-state index contributed by atoms with van der Waals surface area (Å²) in [5.41, 5.74) is 2.23. The average molecular weight is 289 g/mol. The Balaban J connectivity index is 1.94. The summed E-state index contributed by atoms with van der Waals surface area (Å²) >= 11 is 0. The molecule has 1 aromatic carbocycles. The first-order valence-corrected chi connectivity index (χ1v) is 8.06. The van der Waals surface area contributed by atoms with Gasteiger partial charge in [0.05, 0.1) is 0 Å². The number of rotatable bonds is 6. The molecule has 1 aliphatic rings. The summed E-state index contributed by atoms with van der Waals surface area (Å²) in [6.07, 6.45) is 2.27. The summed E-state index contributed by atoms with van der Waals surface area (Å²) in [4.78, 5) is 16.5. The molecule has 2 rings (SSSR count). The molecule has 1 N–H and O–H groups in total. The summed E-state index contributed by atoms with van der Waals surface area (Å²) in [5.74, 6) is 0.209. The largest absolute Gasteiger partial charge is 0.374 e. The van der Waals surface area contributed by atoms with Gasteiger partial charge in [0.1, 0.15) is 6.04 Å². The van der Waals surface area contributed by atoms with E-state index < -0.39 is 0 Å². The van der Waals surface area contributed by atoms with Crippen molar-refractivity contribution in [2.45, 2.75) is 39.7 Å². The minimum Gasteiger partial charge on any atom is -0.374 e. The first kappa shape index (κ1) is 15.7. The summed E-state index contributed by atoms with van der Waals surface area (Å²) < 4.78 is 0. The van der Waals surface area contributed by atoms with Crippen LogP contribution in [0, 0.1) is 0 Å². The number of likely N-dealkylation sites (tertiary alicyclic amines) is 1. The van der Waals surface area contributed by atoms with Crippen molar-refractivity contribution in [3.63, 3.8) is 0 Å². The highest BCUT2D eigenvalue weighted by Crippen LogP contribution is 2.19. The molecule has 1 aliphatic heterocycles. The van der Waals surface area contributed by atoms with Gasteiger partial charge in [-0.05, 0) is 57.9 Å². The summed E-state index contributed by atoms with van der Waals surface area (Å²) in [6, 6.07) is 8.18. The molecule has 0 saturated carbocycles. The fourth-order valence-corrected chi connectivity index (χ4v) is 2.88. The Labute approximate surface area is 128 Å². The third kappa shape index (κ3) is 3.90. The van der Waals surface area contributed by atoms with E-state index in [1.54, 1.807) is 0 Å². The molecule has 4 nitrogen and oxygen atoms in total. The van der Waals surface area contributed by atoms with Gasteiger partial charge in [-0.15, -0.1) is 0 Å². The Hall–Kier alpha value is -1.71. The number of anilines is 2. The number of carbonyl (C=O) groups is 1. The van der Waals surface area contributed by atoms with Gasteiger partial charge >= 0.3 is 0 Å². The van der Waals surface area contributed by atoms with Crippen LogP contribution >= 0.6 is 0 Å². The molecule has 1 fully saturated rings.